The summed E-state index contributed by atoms with van der Waals surface area (Å²) < 4.78 is 11.2. The number of ether oxygens (including phenoxy) is 2. The third-order valence-electron chi connectivity index (χ3n) is 4.57. The number of carbonyl (C=O) groups excluding carboxylic acids is 1. The van der Waals surface area contributed by atoms with Gasteiger partial charge in [0.2, 0.25) is 0 Å². The van der Waals surface area contributed by atoms with Crippen LogP contribution in [-0.2, 0) is 20.8 Å². The summed E-state index contributed by atoms with van der Waals surface area (Å²) >= 11 is 0. The average Bonchev–Trinajstić information content (AvgIpc) is 3.08. The number of morpholine rings is 1. The van der Waals surface area contributed by atoms with Crippen molar-refractivity contribution in [3.8, 4) is 0 Å². The highest BCUT2D eigenvalue weighted by molar-refractivity contribution is 5.72. The van der Waals surface area contributed by atoms with Gasteiger partial charge in [-0.3, -0.25) is 9.69 Å². The van der Waals surface area contributed by atoms with Gasteiger partial charge in [-0.05, 0) is 18.4 Å². The Morgan fingerprint density at radius 1 is 1.23 bits per heavy atom. The maximum absolute atomic E-state index is 12.0. The highest BCUT2D eigenvalue weighted by Gasteiger charge is 2.26. The van der Waals surface area contributed by atoms with Gasteiger partial charge in [0.05, 0.1) is 12.5 Å². The van der Waals surface area contributed by atoms with Crippen LogP contribution in [0.4, 0.5) is 0 Å². The molecule has 1 saturated heterocycles. The van der Waals surface area contributed by atoms with Crippen molar-refractivity contribution in [1.29, 1.82) is 0 Å². The van der Waals surface area contributed by atoms with Crippen LogP contribution in [0.25, 0.3) is 0 Å². The van der Waals surface area contributed by atoms with Gasteiger partial charge < -0.3 is 9.47 Å². The number of benzene rings is 1. The number of hydrogen-bond donors (Lipinski definition) is 0. The number of nitrogens with zero attached hydrogens (tertiary/aromatic N) is 1. The Balaban J connectivity index is 1.43. The Bertz CT molecular complexity index is 470. The first-order valence-corrected chi connectivity index (χ1v) is 8.36. The van der Waals surface area contributed by atoms with Crippen molar-refractivity contribution in [2.45, 2.75) is 38.3 Å². The molecule has 1 aliphatic heterocycles. The summed E-state index contributed by atoms with van der Waals surface area (Å²) in [5.41, 5.74) is 1.31. The number of esters is 1. The van der Waals surface area contributed by atoms with E-state index < -0.39 is 0 Å². The van der Waals surface area contributed by atoms with E-state index in [-0.39, 0.29) is 18.0 Å². The van der Waals surface area contributed by atoms with Crippen LogP contribution in [0.15, 0.2) is 30.3 Å². The summed E-state index contributed by atoms with van der Waals surface area (Å²) in [6.45, 7) is 3.78. The first kappa shape index (κ1) is 15.5. The van der Waals surface area contributed by atoms with Gasteiger partial charge in [0, 0.05) is 19.6 Å². The second kappa shape index (κ2) is 7.75. The average molecular weight is 303 g/mol. The molecule has 0 radical (unpaired) electrons. The van der Waals surface area contributed by atoms with Gasteiger partial charge in [-0.25, -0.2) is 0 Å². The third-order valence-corrected chi connectivity index (χ3v) is 4.57. The summed E-state index contributed by atoms with van der Waals surface area (Å²) in [5.74, 6) is 0.102. The van der Waals surface area contributed by atoms with Gasteiger partial charge >= 0.3 is 5.97 Å². The van der Waals surface area contributed by atoms with Crippen molar-refractivity contribution in [3.63, 3.8) is 0 Å². The van der Waals surface area contributed by atoms with Crippen LogP contribution < -0.4 is 0 Å². The molecule has 0 bridgehead atoms. The van der Waals surface area contributed by atoms with Gasteiger partial charge in [0.25, 0.3) is 0 Å². The summed E-state index contributed by atoms with van der Waals surface area (Å²) in [4.78, 5) is 14.3. The molecule has 120 valence electrons. The fourth-order valence-electron chi connectivity index (χ4n) is 3.32. The third kappa shape index (κ3) is 4.31. The molecule has 3 rings (SSSR count). The number of carbonyl (C=O) groups is 1. The van der Waals surface area contributed by atoms with Crippen LogP contribution in [0.3, 0.4) is 0 Å². The second-order valence-electron chi connectivity index (χ2n) is 6.32. The van der Waals surface area contributed by atoms with Crippen molar-refractivity contribution in [1.82, 2.24) is 4.90 Å². The van der Waals surface area contributed by atoms with Gasteiger partial charge in [0.15, 0.2) is 0 Å². The molecule has 0 N–H and O–H groups in total. The molecular formula is C18H25NO3. The monoisotopic (exact) mass is 303 g/mol. The molecule has 1 atom stereocenters. The Morgan fingerprint density at radius 2 is 2.00 bits per heavy atom. The number of hydrogen-bond acceptors (Lipinski definition) is 4. The minimum atomic E-state index is -0.0266. The van der Waals surface area contributed by atoms with Crippen molar-refractivity contribution in [2.24, 2.45) is 5.92 Å². The van der Waals surface area contributed by atoms with Crippen LogP contribution in [0, 0.1) is 5.92 Å². The van der Waals surface area contributed by atoms with Crippen molar-refractivity contribution >= 4 is 5.97 Å². The van der Waals surface area contributed by atoms with Crippen LogP contribution in [0.2, 0.25) is 0 Å². The molecule has 1 unspecified atom stereocenters. The van der Waals surface area contributed by atoms with E-state index in [1.807, 2.05) is 6.07 Å². The zero-order valence-electron chi connectivity index (χ0n) is 13.1. The quantitative estimate of drug-likeness (QED) is 0.784. The fraction of sp³-hybridized carbons (Fsp3) is 0.611. The molecule has 4 nitrogen and oxygen atoms in total. The maximum Gasteiger partial charge on any atom is 0.309 e. The van der Waals surface area contributed by atoms with Crippen molar-refractivity contribution in [3.05, 3.63) is 35.9 Å². The van der Waals surface area contributed by atoms with E-state index in [0.717, 1.165) is 45.3 Å². The van der Waals surface area contributed by atoms with Gasteiger partial charge in [-0.1, -0.05) is 43.2 Å². The SMILES string of the molecule is O=C(OCC1CN(Cc2ccccc2)CCO1)C1CCCC1. The smallest absolute Gasteiger partial charge is 0.309 e. The van der Waals surface area contributed by atoms with E-state index in [0.29, 0.717) is 13.2 Å². The predicted molar refractivity (Wildman–Crippen MR) is 84.4 cm³/mol. The van der Waals surface area contributed by atoms with E-state index in [1.54, 1.807) is 0 Å². The second-order valence-corrected chi connectivity index (χ2v) is 6.32. The Morgan fingerprint density at radius 3 is 2.77 bits per heavy atom. The van der Waals surface area contributed by atoms with Gasteiger partial charge in [-0.15, -0.1) is 0 Å². The Kier molecular flexibility index (Phi) is 5.46. The zero-order valence-corrected chi connectivity index (χ0v) is 13.1. The van der Waals surface area contributed by atoms with Crippen molar-refractivity contribution < 1.29 is 14.3 Å². The van der Waals surface area contributed by atoms with E-state index >= 15 is 0 Å². The summed E-state index contributed by atoms with van der Waals surface area (Å²) in [6.07, 6.45) is 4.30. The molecule has 0 amide bonds. The topological polar surface area (TPSA) is 38.8 Å². The van der Waals surface area contributed by atoms with E-state index in [9.17, 15) is 4.79 Å². The Labute approximate surface area is 132 Å². The summed E-state index contributed by atoms with van der Waals surface area (Å²) in [5, 5.41) is 0. The molecule has 0 spiro atoms. The minimum absolute atomic E-state index is 0.00261. The van der Waals surface area contributed by atoms with E-state index in [2.05, 4.69) is 29.2 Å². The minimum Gasteiger partial charge on any atom is -0.463 e. The lowest BCUT2D eigenvalue weighted by Crippen LogP contribution is -2.44. The van der Waals surface area contributed by atoms with Crippen LogP contribution in [-0.4, -0.2) is 43.3 Å². The summed E-state index contributed by atoms with van der Waals surface area (Å²) in [7, 11) is 0. The van der Waals surface area contributed by atoms with Crippen LogP contribution >= 0.6 is 0 Å². The largest absolute Gasteiger partial charge is 0.463 e. The van der Waals surface area contributed by atoms with E-state index in [1.165, 1.54) is 5.56 Å². The lowest BCUT2D eigenvalue weighted by molar-refractivity contribution is -0.155. The normalized spacial score (nSPS) is 23.5. The van der Waals surface area contributed by atoms with Crippen LogP contribution in [0.1, 0.15) is 31.2 Å². The molecule has 2 fully saturated rings. The van der Waals surface area contributed by atoms with Crippen LogP contribution in [0.5, 0.6) is 0 Å². The fourth-order valence-corrected chi connectivity index (χ4v) is 3.32. The standard InChI is InChI=1S/C18H25NO3/c20-18(16-8-4-5-9-16)22-14-17-13-19(10-11-21-17)12-15-6-2-1-3-7-15/h1-3,6-7,16-17H,4-5,8-14H2. The lowest BCUT2D eigenvalue weighted by atomic mass is 10.1. The van der Waals surface area contributed by atoms with Crippen molar-refractivity contribution in [2.75, 3.05) is 26.3 Å². The predicted octanol–water partition coefficient (Wildman–Crippen LogP) is 2.62. The van der Waals surface area contributed by atoms with Gasteiger partial charge in [0.1, 0.15) is 12.7 Å². The molecule has 1 aromatic carbocycles. The first-order chi connectivity index (χ1) is 10.8. The maximum atomic E-state index is 12.0. The highest BCUT2D eigenvalue weighted by Crippen LogP contribution is 2.25. The zero-order chi connectivity index (χ0) is 15.2. The molecule has 0 aromatic heterocycles. The molecule has 4 heteroatoms. The molecule has 22 heavy (non-hydrogen) atoms. The molecule has 1 aromatic rings. The molecular weight excluding hydrogens is 278 g/mol. The Hall–Kier alpha value is -1.39. The molecule has 1 saturated carbocycles. The first-order valence-electron chi connectivity index (χ1n) is 8.36. The lowest BCUT2D eigenvalue weighted by Gasteiger charge is -2.32. The molecule has 1 heterocycles. The summed E-state index contributed by atoms with van der Waals surface area (Å²) in [6, 6.07) is 10.5. The molecule has 2 aliphatic rings. The van der Waals surface area contributed by atoms with Gasteiger partial charge in [-0.2, -0.15) is 0 Å². The molecule has 1 aliphatic carbocycles. The van der Waals surface area contributed by atoms with E-state index in [4.69, 9.17) is 9.47 Å². The highest BCUT2D eigenvalue weighted by atomic mass is 16.6. The number of rotatable bonds is 5.